The second kappa shape index (κ2) is 5.40. The molecular weight excluding hydrogens is 162 g/mol. The molecule has 1 aliphatic heterocycles. The number of hydrogen-bond donors (Lipinski definition) is 0. The Balaban J connectivity index is 2.48. The van der Waals surface area contributed by atoms with E-state index >= 15 is 0 Å². The molecular formula is C11H21NO. The molecule has 0 aromatic carbocycles. The lowest BCUT2D eigenvalue weighted by Gasteiger charge is -2.36. The molecule has 0 N–H and O–H groups in total. The largest absolute Gasteiger partial charge is 0.381 e. The van der Waals surface area contributed by atoms with Crippen LogP contribution in [-0.4, -0.2) is 36.7 Å². The maximum absolute atomic E-state index is 5.36. The Labute approximate surface area is 81.6 Å². The van der Waals surface area contributed by atoms with Crippen molar-refractivity contribution in [2.45, 2.75) is 38.8 Å². The van der Waals surface area contributed by atoms with E-state index in [-0.39, 0.29) is 0 Å². The number of rotatable bonds is 4. The van der Waals surface area contributed by atoms with Gasteiger partial charge in [0.2, 0.25) is 0 Å². The third kappa shape index (κ3) is 2.82. The first-order valence-corrected chi connectivity index (χ1v) is 5.25. The first kappa shape index (κ1) is 10.7. The molecule has 2 heteroatoms. The molecule has 0 saturated carbocycles. The van der Waals surface area contributed by atoms with E-state index < -0.39 is 0 Å². The Kier molecular flexibility index (Phi) is 4.46. The number of nitrogens with zero attached hydrogens (tertiary/aromatic N) is 1. The Morgan fingerprint density at radius 2 is 2.15 bits per heavy atom. The van der Waals surface area contributed by atoms with Crippen LogP contribution in [0.5, 0.6) is 0 Å². The van der Waals surface area contributed by atoms with Crippen LogP contribution in [0.1, 0.15) is 26.7 Å². The van der Waals surface area contributed by atoms with Crippen molar-refractivity contribution >= 4 is 0 Å². The molecule has 1 saturated heterocycles. The highest BCUT2D eigenvalue weighted by atomic mass is 16.5. The molecule has 0 radical (unpaired) electrons. The summed E-state index contributed by atoms with van der Waals surface area (Å²) in [5, 5.41) is 0. The van der Waals surface area contributed by atoms with Crippen LogP contribution in [0.4, 0.5) is 0 Å². The second-order valence-corrected chi connectivity index (χ2v) is 3.65. The van der Waals surface area contributed by atoms with Crippen LogP contribution in [0.25, 0.3) is 0 Å². The van der Waals surface area contributed by atoms with Crippen molar-refractivity contribution < 1.29 is 4.74 Å². The molecule has 1 heterocycles. The van der Waals surface area contributed by atoms with Gasteiger partial charge in [-0.2, -0.15) is 0 Å². The lowest BCUT2D eigenvalue weighted by molar-refractivity contribution is 0.0288. The van der Waals surface area contributed by atoms with Crippen molar-refractivity contribution in [2.75, 3.05) is 19.8 Å². The summed E-state index contributed by atoms with van der Waals surface area (Å²) >= 11 is 0. The average Bonchev–Trinajstić information content (AvgIpc) is 2.20. The summed E-state index contributed by atoms with van der Waals surface area (Å²) in [5.41, 5.74) is 0. The van der Waals surface area contributed by atoms with Crippen LogP contribution in [0, 0.1) is 0 Å². The molecule has 0 spiro atoms. The molecule has 1 rings (SSSR count). The molecule has 1 aliphatic rings. The Hall–Kier alpha value is -0.340. The molecule has 0 aliphatic carbocycles. The lowest BCUT2D eigenvalue weighted by Crippen LogP contribution is -2.43. The van der Waals surface area contributed by atoms with Gasteiger partial charge >= 0.3 is 0 Å². The van der Waals surface area contributed by atoms with Crippen LogP contribution in [0.3, 0.4) is 0 Å². The second-order valence-electron chi connectivity index (χ2n) is 3.65. The van der Waals surface area contributed by atoms with E-state index in [4.69, 9.17) is 4.74 Å². The summed E-state index contributed by atoms with van der Waals surface area (Å²) in [6, 6.07) is 1.19. The van der Waals surface area contributed by atoms with Crippen molar-refractivity contribution in [3.63, 3.8) is 0 Å². The summed E-state index contributed by atoms with van der Waals surface area (Å²) in [6.07, 6.45) is 4.37. The quantitative estimate of drug-likeness (QED) is 0.619. The zero-order chi connectivity index (χ0) is 9.68. The fourth-order valence-electron chi connectivity index (χ4n) is 2.03. The van der Waals surface area contributed by atoms with Gasteiger partial charge in [0.1, 0.15) is 0 Å². The molecule has 0 aromatic heterocycles. The minimum Gasteiger partial charge on any atom is -0.381 e. The van der Waals surface area contributed by atoms with E-state index in [1.807, 2.05) is 6.08 Å². The van der Waals surface area contributed by atoms with Gasteiger partial charge in [0.25, 0.3) is 0 Å². The molecule has 13 heavy (non-hydrogen) atoms. The topological polar surface area (TPSA) is 12.5 Å². The summed E-state index contributed by atoms with van der Waals surface area (Å²) in [6.45, 7) is 11.2. The molecule has 2 nitrogen and oxygen atoms in total. The molecule has 1 unspecified atom stereocenters. The van der Waals surface area contributed by atoms with E-state index in [0.29, 0.717) is 12.1 Å². The van der Waals surface area contributed by atoms with Crippen molar-refractivity contribution in [2.24, 2.45) is 0 Å². The van der Waals surface area contributed by atoms with Gasteiger partial charge in [-0.3, -0.25) is 4.90 Å². The molecule has 1 atom stereocenters. The van der Waals surface area contributed by atoms with Crippen LogP contribution in [0.15, 0.2) is 12.7 Å². The van der Waals surface area contributed by atoms with Crippen molar-refractivity contribution in [1.29, 1.82) is 0 Å². The Bertz CT molecular complexity index is 152. The predicted molar refractivity (Wildman–Crippen MR) is 55.9 cm³/mol. The third-order valence-corrected chi connectivity index (χ3v) is 2.89. The van der Waals surface area contributed by atoms with Crippen LogP contribution < -0.4 is 0 Å². The number of ether oxygens (including phenoxy) is 1. The van der Waals surface area contributed by atoms with Crippen LogP contribution in [0.2, 0.25) is 0 Å². The van der Waals surface area contributed by atoms with Gasteiger partial charge in [-0.05, 0) is 26.3 Å². The van der Waals surface area contributed by atoms with E-state index in [0.717, 1.165) is 19.8 Å². The van der Waals surface area contributed by atoms with Crippen LogP contribution in [-0.2, 0) is 4.74 Å². The summed E-state index contributed by atoms with van der Waals surface area (Å²) in [4.78, 5) is 2.51. The van der Waals surface area contributed by atoms with Gasteiger partial charge in [-0.15, -0.1) is 6.58 Å². The van der Waals surface area contributed by atoms with Crippen molar-refractivity contribution in [3.8, 4) is 0 Å². The zero-order valence-corrected chi connectivity index (χ0v) is 8.83. The first-order chi connectivity index (χ1) is 6.29. The standard InChI is InChI=1S/C11H21NO/c1-4-10(3)12(5-2)11-6-8-13-9-7-11/h4,10-11H,1,5-9H2,2-3H3. The van der Waals surface area contributed by atoms with Crippen LogP contribution >= 0.6 is 0 Å². The predicted octanol–water partition coefficient (Wildman–Crippen LogP) is 2.06. The highest BCUT2D eigenvalue weighted by Gasteiger charge is 2.22. The molecule has 76 valence electrons. The van der Waals surface area contributed by atoms with Crippen molar-refractivity contribution in [1.82, 2.24) is 4.90 Å². The lowest BCUT2D eigenvalue weighted by atomic mass is 10.1. The minimum absolute atomic E-state index is 0.494. The Morgan fingerprint density at radius 3 is 2.62 bits per heavy atom. The summed E-state index contributed by atoms with van der Waals surface area (Å²) in [5.74, 6) is 0. The fourth-order valence-corrected chi connectivity index (χ4v) is 2.03. The zero-order valence-electron chi connectivity index (χ0n) is 8.83. The van der Waals surface area contributed by atoms with Crippen molar-refractivity contribution in [3.05, 3.63) is 12.7 Å². The monoisotopic (exact) mass is 183 g/mol. The third-order valence-electron chi connectivity index (χ3n) is 2.89. The highest BCUT2D eigenvalue weighted by molar-refractivity contribution is 4.88. The van der Waals surface area contributed by atoms with Gasteiger partial charge in [0.05, 0.1) is 0 Å². The maximum Gasteiger partial charge on any atom is 0.0480 e. The molecule has 0 amide bonds. The van der Waals surface area contributed by atoms with Gasteiger partial charge in [-0.1, -0.05) is 13.0 Å². The molecule has 0 bridgehead atoms. The fraction of sp³-hybridized carbons (Fsp3) is 0.818. The smallest absolute Gasteiger partial charge is 0.0480 e. The van der Waals surface area contributed by atoms with E-state index in [1.165, 1.54) is 12.8 Å². The van der Waals surface area contributed by atoms with Gasteiger partial charge < -0.3 is 4.74 Å². The van der Waals surface area contributed by atoms with E-state index in [2.05, 4.69) is 25.3 Å². The van der Waals surface area contributed by atoms with E-state index in [9.17, 15) is 0 Å². The molecule has 1 fully saturated rings. The number of hydrogen-bond acceptors (Lipinski definition) is 2. The maximum atomic E-state index is 5.36. The summed E-state index contributed by atoms with van der Waals surface area (Å²) in [7, 11) is 0. The number of likely N-dealkylation sites (N-methyl/N-ethyl adjacent to an activating group) is 1. The summed E-state index contributed by atoms with van der Waals surface area (Å²) < 4.78 is 5.36. The average molecular weight is 183 g/mol. The molecule has 0 aromatic rings. The normalized spacial score (nSPS) is 21.8. The Morgan fingerprint density at radius 1 is 1.54 bits per heavy atom. The van der Waals surface area contributed by atoms with E-state index in [1.54, 1.807) is 0 Å². The van der Waals surface area contributed by atoms with Gasteiger partial charge in [-0.25, -0.2) is 0 Å². The first-order valence-electron chi connectivity index (χ1n) is 5.25. The highest BCUT2D eigenvalue weighted by Crippen LogP contribution is 2.16. The SMILES string of the molecule is C=CC(C)N(CC)C1CCOCC1. The van der Waals surface area contributed by atoms with Gasteiger partial charge in [0, 0.05) is 25.3 Å². The van der Waals surface area contributed by atoms with Gasteiger partial charge in [0.15, 0.2) is 0 Å². The minimum atomic E-state index is 0.494.